The van der Waals surface area contributed by atoms with Crippen molar-refractivity contribution in [3.05, 3.63) is 35.9 Å². The monoisotopic (exact) mass is 214 g/mol. The Morgan fingerprint density at radius 2 is 1.88 bits per heavy atom. The van der Waals surface area contributed by atoms with Crippen LogP contribution in [0.1, 0.15) is 31.2 Å². The topological polar surface area (TPSA) is 27.0 Å². The minimum atomic E-state index is 0.555. The number of nitrogens with zero attached hydrogens (tertiary/aromatic N) is 2. The lowest BCUT2D eigenvalue weighted by atomic mass is 10.1. The highest BCUT2D eigenvalue weighted by Crippen LogP contribution is 2.24. The van der Waals surface area contributed by atoms with Gasteiger partial charge < -0.3 is 0 Å². The molecule has 1 fully saturated rings. The average Bonchev–Trinajstić information content (AvgIpc) is 2.83. The lowest BCUT2D eigenvalue weighted by Crippen LogP contribution is -2.33. The third-order valence-corrected chi connectivity index (χ3v) is 3.34. The first kappa shape index (κ1) is 11.2. The fourth-order valence-corrected chi connectivity index (χ4v) is 2.49. The summed E-state index contributed by atoms with van der Waals surface area (Å²) in [5.41, 5.74) is 1.31. The SMILES string of the molecule is N#CCN(Cc1ccccc1)C1CCCC1. The zero-order chi connectivity index (χ0) is 11.2. The third-order valence-electron chi connectivity index (χ3n) is 3.34. The van der Waals surface area contributed by atoms with Crippen molar-refractivity contribution in [2.24, 2.45) is 0 Å². The Morgan fingerprint density at radius 1 is 1.19 bits per heavy atom. The molecule has 2 nitrogen and oxygen atoms in total. The summed E-state index contributed by atoms with van der Waals surface area (Å²) < 4.78 is 0. The number of benzene rings is 1. The smallest absolute Gasteiger partial charge is 0.0871 e. The van der Waals surface area contributed by atoms with Gasteiger partial charge in [0.15, 0.2) is 0 Å². The summed E-state index contributed by atoms with van der Waals surface area (Å²) in [7, 11) is 0. The van der Waals surface area contributed by atoms with Gasteiger partial charge in [-0.15, -0.1) is 0 Å². The van der Waals surface area contributed by atoms with Gasteiger partial charge in [-0.05, 0) is 18.4 Å². The molecule has 1 aromatic rings. The second-order valence-electron chi connectivity index (χ2n) is 4.49. The Kier molecular flexibility index (Phi) is 3.96. The van der Waals surface area contributed by atoms with E-state index >= 15 is 0 Å². The van der Waals surface area contributed by atoms with Gasteiger partial charge in [-0.1, -0.05) is 43.2 Å². The first-order chi connectivity index (χ1) is 7.90. The van der Waals surface area contributed by atoms with E-state index in [0.29, 0.717) is 12.6 Å². The van der Waals surface area contributed by atoms with Gasteiger partial charge in [0.05, 0.1) is 12.6 Å². The van der Waals surface area contributed by atoms with Crippen LogP contribution in [-0.2, 0) is 6.54 Å². The van der Waals surface area contributed by atoms with Crippen LogP contribution < -0.4 is 0 Å². The summed E-state index contributed by atoms with van der Waals surface area (Å²) >= 11 is 0. The lowest BCUT2D eigenvalue weighted by Gasteiger charge is -2.26. The van der Waals surface area contributed by atoms with E-state index in [4.69, 9.17) is 5.26 Å². The number of nitriles is 1. The zero-order valence-electron chi connectivity index (χ0n) is 9.60. The largest absolute Gasteiger partial charge is 0.283 e. The van der Waals surface area contributed by atoms with Crippen LogP contribution in [0.25, 0.3) is 0 Å². The van der Waals surface area contributed by atoms with Crippen LogP contribution in [-0.4, -0.2) is 17.5 Å². The van der Waals surface area contributed by atoms with E-state index in [1.165, 1.54) is 31.2 Å². The minimum Gasteiger partial charge on any atom is -0.283 e. The molecular formula is C14H18N2. The molecule has 84 valence electrons. The van der Waals surface area contributed by atoms with Gasteiger partial charge in [-0.25, -0.2) is 0 Å². The van der Waals surface area contributed by atoms with E-state index in [9.17, 15) is 0 Å². The Bertz CT molecular complexity index is 347. The summed E-state index contributed by atoms with van der Waals surface area (Å²) in [4.78, 5) is 2.32. The fraction of sp³-hybridized carbons (Fsp3) is 0.500. The molecule has 0 atom stereocenters. The van der Waals surface area contributed by atoms with Gasteiger partial charge in [-0.3, -0.25) is 4.90 Å². The van der Waals surface area contributed by atoms with Crippen molar-refractivity contribution in [3.63, 3.8) is 0 Å². The molecule has 0 N–H and O–H groups in total. The molecule has 16 heavy (non-hydrogen) atoms. The molecule has 1 saturated carbocycles. The summed E-state index contributed by atoms with van der Waals surface area (Å²) in [6, 6.07) is 13.4. The summed E-state index contributed by atoms with van der Waals surface area (Å²) in [6.45, 7) is 1.47. The van der Waals surface area contributed by atoms with Crippen molar-refractivity contribution in [1.29, 1.82) is 5.26 Å². The van der Waals surface area contributed by atoms with E-state index < -0.39 is 0 Å². The molecule has 1 aliphatic carbocycles. The van der Waals surface area contributed by atoms with Gasteiger partial charge >= 0.3 is 0 Å². The summed E-state index contributed by atoms with van der Waals surface area (Å²) in [5, 5.41) is 8.88. The quantitative estimate of drug-likeness (QED) is 0.720. The van der Waals surface area contributed by atoms with E-state index in [0.717, 1.165) is 6.54 Å². The molecule has 0 saturated heterocycles. The van der Waals surface area contributed by atoms with Crippen molar-refractivity contribution in [1.82, 2.24) is 4.90 Å². The van der Waals surface area contributed by atoms with Gasteiger partial charge in [0.25, 0.3) is 0 Å². The molecule has 0 amide bonds. The van der Waals surface area contributed by atoms with E-state index in [1.807, 2.05) is 6.07 Å². The van der Waals surface area contributed by atoms with Crippen LogP contribution in [0.4, 0.5) is 0 Å². The van der Waals surface area contributed by atoms with Crippen LogP contribution in [0.3, 0.4) is 0 Å². The van der Waals surface area contributed by atoms with Crippen molar-refractivity contribution in [3.8, 4) is 6.07 Å². The fourth-order valence-electron chi connectivity index (χ4n) is 2.49. The Hall–Kier alpha value is -1.33. The Morgan fingerprint density at radius 3 is 2.50 bits per heavy atom. The van der Waals surface area contributed by atoms with E-state index in [1.54, 1.807) is 0 Å². The summed E-state index contributed by atoms with van der Waals surface area (Å²) in [6.07, 6.45) is 5.16. The molecule has 0 unspecified atom stereocenters. The maximum absolute atomic E-state index is 8.88. The highest BCUT2D eigenvalue weighted by molar-refractivity contribution is 5.14. The number of hydrogen-bond donors (Lipinski definition) is 0. The molecule has 2 rings (SSSR count). The predicted molar refractivity (Wildman–Crippen MR) is 64.7 cm³/mol. The Labute approximate surface area is 97.5 Å². The zero-order valence-corrected chi connectivity index (χ0v) is 9.60. The molecule has 2 heteroatoms. The van der Waals surface area contributed by atoms with Gasteiger partial charge in [-0.2, -0.15) is 5.26 Å². The van der Waals surface area contributed by atoms with Crippen LogP contribution >= 0.6 is 0 Å². The first-order valence-corrected chi connectivity index (χ1v) is 6.05. The maximum atomic E-state index is 8.88. The summed E-state index contributed by atoms with van der Waals surface area (Å²) in [5.74, 6) is 0. The maximum Gasteiger partial charge on any atom is 0.0871 e. The normalized spacial score (nSPS) is 16.5. The molecule has 0 radical (unpaired) electrons. The second kappa shape index (κ2) is 5.67. The molecule has 1 aromatic carbocycles. The van der Waals surface area contributed by atoms with Crippen LogP contribution in [0.2, 0.25) is 0 Å². The lowest BCUT2D eigenvalue weighted by molar-refractivity contribution is 0.214. The molecule has 0 spiro atoms. The van der Waals surface area contributed by atoms with E-state index in [-0.39, 0.29) is 0 Å². The Balaban J connectivity index is 2.00. The van der Waals surface area contributed by atoms with Crippen molar-refractivity contribution < 1.29 is 0 Å². The third kappa shape index (κ3) is 2.84. The molecule has 0 bridgehead atoms. The highest BCUT2D eigenvalue weighted by Gasteiger charge is 2.22. The number of hydrogen-bond acceptors (Lipinski definition) is 2. The van der Waals surface area contributed by atoms with Crippen molar-refractivity contribution >= 4 is 0 Å². The van der Waals surface area contributed by atoms with Gasteiger partial charge in [0, 0.05) is 12.6 Å². The highest BCUT2D eigenvalue weighted by atomic mass is 15.2. The second-order valence-corrected chi connectivity index (χ2v) is 4.49. The van der Waals surface area contributed by atoms with Crippen molar-refractivity contribution in [2.75, 3.05) is 6.54 Å². The van der Waals surface area contributed by atoms with Gasteiger partial charge in [0.2, 0.25) is 0 Å². The minimum absolute atomic E-state index is 0.555. The standard InChI is InChI=1S/C14H18N2/c15-10-11-16(14-8-4-5-9-14)12-13-6-2-1-3-7-13/h1-3,6-7,14H,4-5,8-9,11-12H2. The molecule has 0 aliphatic heterocycles. The van der Waals surface area contributed by atoms with Gasteiger partial charge in [0.1, 0.15) is 0 Å². The molecular weight excluding hydrogens is 196 g/mol. The predicted octanol–water partition coefficient (Wildman–Crippen LogP) is 2.95. The average molecular weight is 214 g/mol. The first-order valence-electron chi connectivity index (χ1n) is 6.05. The van der Waals surface area contributed by atoms with Crippen molar-refractivity contribution in [2.45, 2.75) is 38.3 Å². The number of rotatable bonds is 4. The molecule has 1 aliphatic rings. The van der Waals surface area contributed by atoms with E-state index in [2.05, 4.69) is 35.2 Å². The van der Waals surface area contributed by atoms with Crippen LogP contribution in [0, 0.1) is 11.3 Å². The molecule has 0 aromatic heterocycles. The van der Waals surface area contributed by atoms with Crippen LogP contribution in [0.5, 0.6) is 0 Å². The molecule has 0 heterocycles. The van der Waals surface area contributed by atoms with Crippen LogP contribution in [0.15, 0.2) is 30.3 Å².